The Morgan fingerprint density at radius 2 is 2.31 bits per heavy atom. The first-order valence-corrected chi connectivity index (χ1v) is 4.09. The van der Waals surface area contributed by atoms with Gasteiger partial charge in [-0.1, -0.05) is 0 Å². The number of rotatable bonds is 1. The fraction of sp³-hybridized carbons (Fsp3) is 0.500. The minimum atomic E-state index is 0.725. The van der Waals surface area contributed by atoms with E-state index in [9.17, 15) is 0 Å². The van der Waals surface area contributed by atoms with Crippen LogP contribution in [0.5, 0.6) is 0 Å². The predicted molar refractivity (Wildman–Crippen MR) is 54.0 cm³/mol. The predicted octanol–water partition coefficient (Wildman–Crippen LogP) is 0.346. The second-order valence-electron chi connectivity index (χ2n) is 2.74. The average Bonchev–Trinajstić information content (AvgIpc) is 2.41. The van der Waals surface area contributed by atoms with Crippen molar-refractivity contribution in [1.82, 2.24) is 15.1 Å². The molecule has 5 nitrogen and oxygen atoms in total. The van der Waals surface area contributed by atoms with Crippen molar-refractivity contribution in [3.63, 3.8) is 0 Å². The van der Waals surface area contributed by atoms with Crippen LogP contribution in [0.25, 0.3) is 0 Å². The zero-order chi connectivity index (χ0) is 9.84. The molecular weight excluding hydrogens is 166 g/mol. The lowest BCUT2D eigenvalue weighted by atomic mass is 10.5. The van der Waals surface area contributed by atoms with Gasteiger partial charge in [0.2, 0.25) is 0 Å². The molecule has 0 aromatic carbocycles. The molecule has 0 radical (unpaired) electrons. The second kappa shape index (κ2) is 3.93. The van der Waals surface area contributed by atoms with Gasteiger partial charge < -0.3 is 10.6 Å². The van der Waals surface area contributed by atoms with Crippen LogP contribution in [0.15, 0.2) is 11.1 Å². The van der Waals surface area contributed by atoms with Gasteiger partial charge in [-0.3, -0.25) is 9.67 Å². The molecule has 5 heteroatoms. The average molecular weight is 181 g/mol. The summed E-state index contributed by atoms with van der Waals surface area (Å²) in [7, 11) is 5.43. The highest BCUT2D eigenvalue weighted by atomic mass is 15.3. The summed E-state index contributed by atoms with van der Waals surface area (Å²) in [6.45, 7) is 1.95. The van der Waals surface area contributed by atoms with Gasteiger partial charge in [-0.05, 0) is 6.92 Å². The van der Waals surface area contributed by atoms with Crippen LogP contribution in [-0.4, -0.2) is 29.8 Å². The number of nitrogens with one attached hydrogen (secondary N) is 2. The molecule has 1 aromatic rings. The lowest BCUT2D eigenvalue weighted by Gasteiger charge is -2.07. The minimum absolute atomic E-state index is 0.725. The first-order valence-electron chi connectivity index (χ1n) is 4.09. The molecule has 72 valence electrons. The highest BCUT2D eigenvalue weighted by Crippen LogP contribution is 2.06. The maximum absolute atomic E-state index is 4.20. The monoisotopic (exact) mass is 181 g/mol. The molecule has 1 aromatic heterocycles. The molecule has 2 N–H and O–H groups in total. The largest absolute Gasteiger partial charge is 0.359 e. The van der Waals surface area contributed by atoms with E-state index in [0.717, 1.165) is 17.5 Å². The smallest absolute Gasteiger partial charge is 0.196 e. The van der Waals surface area contributed by atoms with Crippen molar-refractivity contribution in [1.29, 1.82) is 0 Å². The van der Waals surface area contributed by atoms with Gasteiger partial charge in [0.1, 0.15) is 5.82 Å². The molecule has 0 unspecified atom stereocenters. The Morgan fingerprint density at radius 1 is 1.62 bits per heavy atom. The van der Waals surface area contributed by atoms with E-state index in [1.807, 2.05) is 27.1 Å². The molecule has 0 fully saturated rings. The number of guanidine groups is 1. The molecule has 1 heterocycles. The summed E-state index contributed by atoms with van der Waals surface area (Å²) < 4.78 is 1.78. The summed E-state index contributed by atoms with van der Waals surface area (Å²) in [5, 5.41) is 10.2. The van der Waals surface area contributed by atoms with Crippen molar-refractivity contribution in [2.75, 3.05) is 19.4 Å². The highest BCUT2D eigenvalue weighted by Gasteiger charge is 2.02. The van der Waals surface area contributed by atoms with Gasteiger partial charge in [0.15, 0.2) is 5.96 Å². The van der Waals surface area contributed by atoms with Crippen LogP contribution in [0.3, 0.4) is 0 Å². The first kappa shape index (κ1) is 9.57. The molecule has 0 aliphatic heterocycles. The van der Waals surface area contributed by atoms with Crippen LogP contribution in [0, 0.1) is 6.92 Å². The number of aromatic nitrogens is 2. The third-order valence-corrected chi connectivity index (χ3v) is 1.71. The SMILES string of the molecule is CN=C(NC)Nc1cc(C)nn1C. The Labute approximate surface area is 77.9 Å². The number of anilines is 1. The summed E-state index contributed by atoms with van der Waals surface area (Å²) in [6, 6.07) is 1.96. The van der Waals surface area contributed by atoms with E-state index in [0.29, 0.717) is 0 Å². The molecule has 1 rings (SSSR count). The summed E-state index contributed by atoms with van der Waals surface area (Å²) in [4.78, 5) is 4.01. The molecule has 0 amide bonds. The Hall–Kier alpha value is -1.52. The standard InChI is InChI=1S/C8H15N5/c1-6-5-7(13(4)12-6)11-8(9-2)10-3/h5H,1-4H3,(H2,9,10,11). The number of aryl methyl sites for hydroxylation is 2. The Bertz CT molecular complexity index is 312. The zero-order valence-corrected chi connectivity index (χ0v) is 8.42. The van der Waals surface area contributed by atoms with E-state index >= 15 is 0 Å². The lowest BCUT2D eigenvalue weighted by molar-refractivity contribution is 0.765. The highest BCUT2D eigenvalue weighted by molar-refractivity contribution is 5.92. The van der Waals surface area contributed by atoms with Crippen LogP contribution in [0.2, 0.25) is 0 Å². The van der Waals surface area contributed by atoms with Crippen molar-refractivity contribution in [3.8, 4) is 0 Å². The maximum atomic E-state index is 4.20. The van der Waals surface area contributed by atoms with Gasteiger partial charge in [0.05, 0.1) is 5.69 Å². The van der Waals surface area contributed by atoms with Crippen molar-refractivity contribution in [3.05, 3.63) is 11.8 Å². The number of hydrogen-bond acceptors (Lipinski definition) is 2. The molecule has 0 saturated heterocycles. The third kappa shape index (κ3) is 2.21. The molecule has 0 aliphatic rings. The minimum Gasteiger partial charge on any atom is -0.359 e. The van der Waals surface area contributed by atoms with E-state index in [4.69, 9.17) is 0 Å². The molecular formula is C8H15N5. The number of hydrogen-bond donors (Lipinski definition) is 2. The van der Waals surface area contributed by atoms with Gasteiger partial charge in [-0.15, -0.1) is 0 Å². The number of nitrogens with zero attached hydrogens (tertiary/aromatic N) is 3. The summed E-state index contributed by atoms with van der Waals surface area (Å²) >= 11 is 0. The molecule has 0 saturated carbocycles. The summed E-state index contributed by atoms with van der Waals surface area (Å²) in [6.07, 6.45) is 0. The van der Waals surface area contributed by atoms with Gasteiger partial charge in [-0.25, -0.2) is 0 Å². The van der Waals surface area contributed by atoms with Crippen LogP contribution in [0.1, 0.15) is 5.69 Å². The normalized spacial score (nSPS) is 11.5. The maximum Gasteiger partial charge on any atom is 0.196 e. The van der Waals surface area contributed by atoms with E-state index in [2.05, 4.69) is 20.7 Å². The van der Waals surface area contributed by atoms with Crippen molar-refractivity contribution < 1.29 is 0 Å². The van der Waals surface area contributed by atoms with E-state index < -0.39 is 0 Å². The van der Waals surface area contributed by atoms with E-state index in [1.165, 1.54) is 0 Å². The molecule has 0 atom stereocenters. The lowest BCUT2D eigenvalue weighted by Crippen LogP contribution is -2.27. The Morgan fingerprint density at radius 3 is 2.69 bits per heavy atom. The number of aliphatic imine (C=N–C) groups is 1. The van der Waals surface area contributed by atoms with Crippen molar-refractivity contribution in [2.24, 2.45) is 12.0 Å². The summed E-state index contributed by atoms with van der Waals surface area (Å²) in [5.74, 6) is 1.65. The zero-order valence-electron chi connectivity index (χ0n) is 8.42. The quantitative estimate of drug-likeness (QED) is 0.485. The van der Waals surface area contributed by atoms with Crippen LogP contribution >= 0.6 is 0 Å². The Balaban J connectivity index is 2.79. The Kier molecular flexibility index (Phi) is 2.89. The fourth-order valence-electron chi connectivity index (χ4n) is 1.08. The van der Waals surface area contributed by atoms with Gasteiger partial charge >= 0.3 is 0 Å². The fourth-order valence-corrected chi connectivity index (χ4v) is 1.08. The van der Waals surface area contributed by atoms with Crippen LogP contribution in [0.4, 0.5) is 5.82 Å². The third-order valence-electron chi connectivity index (χ3n) is 1.71. The molecule has 0 bridgehead atoms. The van der Waals surface area contributed by atoms with E-state index in [-0.39, 0.29) is 0 Å². The van der Waals surface area contributed by atoms with Gasteiger partial charge in [0, 0.05) is 27.2 Å². The topological polar surface area (TPSA) is 54.2 Å². The first-order chi connectivity index (χ1) is 6.17. The van der Waals surface area contributed by atoms with Crippen LogP contribution < -0.4 is 10.6 Å². The van der Waals surface area contributed by atoms with Crippen molar-refractivity contribution >= 4 is 11.8 Å². The van der Waals surface area contributed by atoms with Crippen molar-refractivity contribution in [2.45, 2.75) is 6.92 Å². The molecule has 13 heavy (non-hydrogen) atoms. The van der Waals surface area contributed by atoms with E-state index in [1.54, 1.807) is 11.7 Å². The van der Waals surface area contributed by atoms with Crippen LogP contribution in [-0.2, 0) is 7.05 Å². The summed E-state index contributed by atoms with van der Waals surface area (Å²) in [5.41, 5.74) is 0.983. The van der Waals surface area contributed by atoms with Gasteiger partial charge in [-0.2, -0.15) is 5.10 Å². The van der Waals surface area contributed by atoms with Gasteiger partial charge in [0.25, 0.3) is 0 Å². The molecule has 0 spiro atoms. The molecule has 0 aliphatic carbocycles. The second-order valence-corrected chi connectivity index (χ2v) is 2.74.